The van der Waals surface area contributed by atoms with E-state index in [1.165, 1.54) is 0 Å². The van der Waals surface area contributed by atoms with Crippen LogP contribution in [0.25, 0.3) is 6.08 Å². The van der Waals surface area contributed by atoms with Crippen LogP contribution in [0.5, 0.6) is 0 Å². The Hall–Kier alpha value is -0.900. The van der Waals surface area contributed by atoms with Crippen molar-refractivity contribution >= 4 is 41.6 Å². The number of nitrogens with zero attached hydrogens (tertiary/aromatic N) is 1. The van der Waals surface area contributed by atoms with Gasteiger partial charge in [-0.2, -0.15) is 0 Å². The molecule has 0 saturated heterocycles. The number of hydrogen-bond acceptors (Lipinski definition) is 3. The molecular weight excluding hydrogens is 201 g/mol. The van der Waals surface area contributed by atoms with Crippen LogP contribution in [0, 0.1) is 0 Å². The van der Waals surface area contributed by atoms with Gasteiger partial charge in [0.2, 0.25) is 0 Å². The third-order valence-corrected chi connectivity index (χ3v) is 1.57. The molecule has 0 spiro atoms. The van der Waals surface area contributed by atoms with Gasteiger partial charge >= 0.3 is 0 Å². The van der Waals surface area contributed by atoms with Crippen LogP contribution >= 0.6 is 0 Å². The fourth-order valence-electron chi connectivity index (χ4n) is 0.936. The molecule has 1 aromatic heterocycles. The Morgan fingerprint density at radius 2 is 2.27 bits per heavy atom. The topological polar surface area (TPSA) is 53.0 Å². The van der Waals surface area contributed by atoms with Crippen LogP contribution in [0.2, 0.25) is 0 Å². The smallest absolute Gasteiger partial charge is 0.0645 e. The van der Waals surface area contributed by atoms with Gasteiger partial charge < -0.3 is 9.90 Å². The van der Waals surface area contributed by atoms with E-state index in [2.05, 4.69) is 4.98 Å². The van der Waals surface area contributed by atoms with Crippen LogP contribution in [0.1, 0.15) is 12.5 Å². The molecule has 4 heteroatoms. The summed E-state index contributed by atoms with van der Waals surface area (Å²) in [4.78, 5) is 14.1. The summed E-state index contributed by atoms with van der Waals surface area (Å²) in [5.74, 6) is -1.18. The largest absolute Gasteiger partial charge is 0.545 e. The van der Waals surface area contributed by atoms with Crippen molar-refractivity contribution in [3.05, 3.63) is 47.8 Å². The Kier molecular flexibility index (Phi) is 6.96. The molecule has 1 radical (unpaired) electrons. The van der Waals surface area contributed by atoms with Crippen molar-refractivity contribution in [1.29, 1.82) is 0 Å². The maximum Gasteiger partial charge on any atom is 0.0645 e. The quantitative estimate of drug-likeness (QED) is 0.413. The molecule has 0 aromatic carbocycles. The van der Waals surface area contributed by atoms with Gasteiger partial charge in [0.15, 0.2) is 0 Å². The Balaban J connectivity index is 0.00000196. The van der Waals surface area contributed by atoms with E-state index in [9.17, 15) is 9.90 Å². The second kappa shape index (κ2) is 7.40. The van der Waals surface area contributed by atoms with E-state index in [1.54, 1.807) is 31.5 Å². The van der Waals surface area contributed by atoms with E-state index in [0.717, 1.165) is 11.6 Å². The van der Waals surface area contributed by atoms with Crippen molar-refractivity contribution in [2.24, 2.45) is 0 Å². The fourth-order valence-corrected chi connectivity index (χ4v) is 0.936. The molecule has 0 amide bonds. The number of aromatic nitrogens is 1. The van der Waals surface area contributed by atoms with Gasteiger partial charge in [-0.3, -0.25) is 4.98 Å². The third-order valence-electron chi connectivity index (χ3n) is 1.57. The van der Waals surface area contributed by atoms with Crippen LogP contribution in [0.15, 0.2) is 42.3 Å². The number of carbonyl (C=O) groups is 1. The van der Waals surface area contributed by atoms with Crippen molar-refractivity contribution in [3.8, 4) is 0 Å². The normalized spacial score (nSPS) is 11.1. The number of pyridine rings is 1. The maximum atomic E-state index is 10.2. The zero-order valence-corrected chi connectivity index (χ0v) is 10.8. The van der Waals surface area contributed by atoms with Crippen LogP contribution < -0.4 is 5.11 Å². The molecule has 0 N–H and O–H groups in total. The van der Waals surface area contributed by atoms with Crippen LogP contribution in [-0.2, 0) is 4.79 Å². The number of carbonyl (C=O) groups excluding carboxylic acids is 1. The van der Waals surface area contributed by atoms with Crippen molar-refractivity contribution in [3.63, 3.8) is 0 Å². The number of carboxylic acids is 1. The molecule has 0 atom stereocenters. The summed E-state index contributed by atoms with van der Waals surface area (Å²) in [5, 5.41) is 10.2. The number of rotatable bonds is 3. The summed E-state index contributed by atoms with van der Waals surface area (Å²) in [7, 11) is 0. The third kappa shape index (κ3) is 6.23. The Morgan fingerprint density at radius 3 is 2.80 bits per heavy atom. The summed E-state index contributed by atoms with van der Waals surface area (Å²) in [6.07, 6.45) is 7.92. The number of allylic oxidation sites excluding steroid dienone is 2. The Bertz CT molecular complexity index is 371. The summed E-state index contributed by atoms with van der Waals surface area (Å²) in [6.45, 7) is 1.70. The van der Waals surface area contributed by atoms with Crippen molar-refractivity contribution in [1.82, 2.24) is 4.98 Å². The number of aliphatic carboxylic acids is 1. The van der Waals surface area contributed by atoms with E-state index in [4.69, 9.17) is 0 Å². The van der Waals surface area contributed by atoms with Crippen LogP contribution in [0.3, 0.4) is 0 Å². The average molecular weight is 211 g/mol. The first kappa shape index (κ1) is 14.1. The molecule has 1 rings (SSSR count). The van der Waals surface area contributed by atoms with Crippen molar-refractivity contribution in [2.45, 2.75) is 6.92 Å². The maximum absolute atomic E-state index is 10.2. The molecule has 0 bridgehead atoms. The molecule has 1 heterocycles. The molecule has 0 saturated carbocycles. The second-order valence-corrected chi connectivity index (χ2v) is 2.83. The minimum absolute atomic E-state index is 0. The first-order chi connectivity index (χ1) is 6.68. The summed E-state index contributed by atoms with van der Waals surface area (Å²) in [5.41, 5.74) is 1.56. The van der Waals surface area contributed by atoms with Crippen molar-refractivity contribution in [2.75, 3.05) is 0 Å². The zero-order chi connectivity index (χ0) is 10.4. The molecule has 0 fully saturated rings. The molecule has 3 nitrogen and oxygen atoms in total. The molecule has 0 aliphatic heterocycles. The average Bonchev–Trinajstić information content (AvgIpc) is 2.15. The van der Waals surface area contributed by atoms with E-state index in [-0.39, 0.29) is 29.6 Å². The summed E-state index contributed by atoms with van der Waals surface area (Å²) < 4.78 is 0. The van der Waals surface area contributed by atoms with Crippen LogP contribution in [0.4, 0.5) is 0 Å². The van der Waals surface area contributed by atoms with Crippen molar-refractivity contribution < 1.29 is 9.90 Å². The second-order valence-electron chi connectivity index (χ2n) is 2.83. The SMILES string of the molecule is CC(/C=C\c1cccnc1)=C/C(=O)[O-].[Na]. The summed E-state index contributed by atoms with van der Waals surface area (Å²) in [6, 6.07) is 3.70. The first-order valence-electron chi connectivity index (χ1n) is 4.16. The standard InChI is InChI=1S/C11H11NO2.Na/c1-9(7-11(13)14)4-5-10-3-2-6-12-8-10;/h2-8H,1H3,(H,13,14);/p-1/b5-4-,9-7-;. The molecule has 1 aromatic rings. The van der Waals surface area contributed by atoms with Gasteiger partial charge in [-0.1, -0.05) is 18.2 Å². The number of carboxylic acid groups (broad SMARTS) is 1. The van der Waals surface area contributed by atoms with Gasteiger partial charge in [0.25, 0.3) is 0 Å². The van der Waals surface area contributed by atoms with Gasteiger partial charge in [-0.05, 0) is 30.2 Å². The van der Waals surface area contributed by atoms with E-state index in [1.807, 2.05) is 12.1 Å². The molecule has 0 unspecified atom stereocenters. The van der Waals surface area contributed by atoms with E-state index >= 15 is 0 Å². The van der Waals surface area contributed by atoms with Gasteiger partial charge in [-0.15, -0.1) is 0 Å². The molecule has 0 aliphatic rings. The van der Waals surface area contributed by atoms with Gasteiger partial charge in [0.1, 0.15) is 0 Å². The summed E-state index contributed by atoms with van der Waals surface area (Å²) >= 11 is 0. The minimum atomic E-state index is -1.18. The van der Waals surface area contributed by atoms with E-state index < -0.39 is 5.97 Å². The predicted octanol–water partition coefficient (Wildman–Crippen LogP) is 0.410. The van der Waals surface area contributed by atoms with E-state index in [0.29, 0.717) is 5.57 Å². The first-order valence-corrected chi connectivity index (χ1v) is 4.16. The molecule has 73 valence electrons. The number of hydrogen-bond donors (Lipinski definition) is 0. The molecular formula is C11H10NNaO2-. The van der Waals surface area contributed by atoms with Gasteiger partial charge in [0.05, 0.1) is 5.97 Å². The minimum Gasteiger partial charge on any atom is -0.545 e. The monoisotopic (exact) mass is 211 g/mol. The van der Waals surface area contributed by atoms with Gasteiger partial charge in [-0.25, -0.2) is 0 Å². The Labute approximate surface area is 111 Å². The van der Waals surface area contributed by atoms with Crippen LogP contribution in [-0.4, -0.2) is 40.5 Å². The fraction of sp³-hybridized carbons (Fsp3) is 0.0909. The van der Waals surface area contributed by atoms with Gasteiger partial charge in [0, 0.05) is 42.0 Å². The zero-order valence-electron chi connectivity index (χ0n) is 8.81. The molecule has 0 aliphatic carbocycles. The predicted molar refractivity (Wildman–Crippen MR) is 57.8 cm³/mol. The Morgan fingerprint density at radius 1 is 1.53 bits per heavy atom. The molecule has 15 heavy (non-hydrogen) atoms.